The number of aliphatic carboxylic acids is 1. The average Bonchev–Trinajstić information content (AvgIpc) is 3.71. The third-order valence-electron chi connectivity index (χ3n) is 9.05. The smallest absolute Gasteiger partial charge is 0.326 e. The molecule has 2 saturated heterocycles. The molecule has 40 heavy (non-hydrogen) atoms. The van der Waals surface area contributed by atoms with Crippen LogP contribution in [0.1, 0.15) is 72.5 Å². The van der Waals surface area contributed by atoms with E-state index in [1.807, 2.05) is 24.3 Å². The Morgan fingerprint density at radius 1 is 1.05 bits per heavy atom. The summed E-state index contributed by atoms with van der Waals surface area (Å²) in [5.74, 6) is -1.17. The third-order valence-corrected chi connectivity index (χ3v) is 9.49. The van der Waals surface area contributed by atoms with Gasteiger partial charge in [0, 0.05) is 28.1 Å². The lowest BCUT2D eigenvalue weighted by atomic mass is 9.89. The Kier molecular flexibility index (Phi) is 7.57. The summed E-state index contributed by atoms with van der Waals surface area (Å²) in [4.78, 5) is 29.0. The van der Waals surface area contributed by atoms with Crippen LogP contribution in [0.2, 0.25) is 10.0 Å². The molecule has 0 bridgehead atoms. The van der Waals surface area contributed by atoms with Crippen molar-refractivity contribution in [3.8, 4) is 5.75 Å². The van der Waals surface area contributed by atoms with Gasteiger partial charge in [0.15, 0.2) is 0 Å². The number of halogens is 3. The number of amides is 1. The molecule has 3 fully saturated rings. The van der Waals surface area contributed by atoms with Gasteiger partial charge >= 0.3 is 5.97 Å². The average molecular weight is 588 g/mol. The minimum Gasteiger partial charge on any atom is -0.493 e. The minimum atomic E-state index is -1.05. The van der Waals surface area contributed by atoms with Gasteiger partial charge < -0.3 is 14.7 Å². The summed E-state index contributed by atoms with van der Waals surface area (Å²) in [5.41, 5.74) is 1.88. The van der Waals surface area contributed by atoms with Crippen LogP contribution in [0.25, 0.3) is 0 Å². The lowest BCUT2D eigenvalue weighted by Crippen LogP contribution is -2.46. The van der Waals surface area contributed by atoms with Crippen molar-refractivity contribution in [2.45, 2.75) is 63.1 Å². The Balaban J connectivity index is 1.11. The van der Waals surface area contributed by atoms with Crippen LogP contribution in [0.4, 0.5) is 4.39 Å². The van der Waals surface area contributed by atoms with E-state index in [1.54, 1.807) is 12.1 Å². The second-order valence-corrected chi connectivity index (χ2v) is 12.5. The molecular weight excluding hydrogens is 554 g/mol. The SMILES string of the molecule is C[C@@H](c1cc(Cl)cc(Cl)c1)N1CCC(COc2cc(F)c(C(=O)N3[C@@H]4C=C[C@@H]4C[C@H]3C(=O)O)cc2C2CC2)CC1. The number of carbonyl (C=O) groups is 2. The largest absolute Gasteiger partial charge is 0.493 e. The number of nitrogens with zero attached hydrogens (tertiary/aromatic N) is 2. The molecule has 2 heterocycles. The first-order chi connectivity index (χ1) is 19.2. The van der Waals surface area contributed by atoms with Crippen LogP contribution in [-0.2, 0) is 4.79 Å². The minimum absolute atomic E-state index is 0.0244. The summed E-state index contributed by atoms with van der Waals surface area (Å²) in [6.07, 6.45) is 7.97. The summed E-state index contributed by atoms with van der Waals surface area (Å²) in [6.45, 7) is 4.47. The van der Waals surface area contributed by atoms with E-state index in [1.165, 1.54) is 11.0 Å². The first-order valence-electron chi connectivity index (χ1n) is 14.1. The predicted octanol–water partition coefficient (Wildman–Crippen LogP) is 6.72. The molecule has 6 rings (SSSR count). The fourth-order valence-corrected chi connectivity index (χ4v) is 6.96. The fraction of sp³-hybridized carbons (Fsp3) is 0.484. The van der Waals surface area contributed by atoms with E-state index in [4.69, 9.17) is 27.9 Å². The van der Waals surface area contributed by atoms with E-state index in [-0.39, 0.29) is 29.5 Å². The lowest BCUT2D eigenvalue weighted by molar-refractivity contribution is -0.141. The van der Waals surface area contributed by atoms with Crippen LogP contribution in [0.15, 0.2) is 42.5 Å². The van der Waals surface area contributed by atoms with Gasteiger partial charge in [-0.3, -0.25) is 9.69 Å². The van der Waals surface area contributed by atoms with Gasteiger partial charge in [0.2, 0.25) is 0 Å². The molecule has 1 N–H and O–H groups in total. The fourth-order valence-electron chi connectivity index (χ4n) is 6.42. The first kappa shape index (κ1) is 27.6. The van der Waals surface area contributed by atoms with Crippen molar-refractivity contribution >= 4 is 35.1 Å². The van der Waals surface area contributed by atoms with Crippen molar-refractivity contribution in [2.24, 2.45) is 11.8 Å². The number of carbonyl (C=O) groups excluding carboxylic acids is 1. The molecule has 1 saturated carbocycles. The molecule has 9 heteroatoms. The highest BCUT2D eigenvalue weighted by Gasteiger charge is 2.49. The molecule has 4 atom stereocenters. The molecule has 0 unspecified atom stereocenters. The number of benzene rings is 2. The zero-order chi connectivity index (χ0) is 28.1. The maximum Gasteiger partial charge on any atom is 0.326 e. The number of rotatable bonds is 8. The van der Waals surface area contributed by atoms with Crippen LogP contribution in [-0.4, -0.2) is 58.6 Å². The lowest BCUT2D eigenvalue weighted by Gasteiger charge is -2.36. The van der Waals surface area contributed by atoms with E-state index >= 15 is 4.39 Å². The van der Waals surface area contributed by atoms with Gasteiger partial charge in [-0.2, -0.15) is 0 Å². The first-order valence-corrected chi connectivity index (χ1v) is 14.8. The highest BCUT2D eigenvalue weighted by atomic mass is 35.5. The number of fused-ring (bicyclic) bond motifs is 1. The molecular formula is C31H33Cl2FN2O4. The molecule has 2 aromatic rings. The zero-order valence-corrected chi connectivity index (χ0v) is 23.9. The summed E-state index contributed by atoms with van der Waals surface area (Å²) >= 11 is 12.4. The standard InChI is InChI=1S/C31H33Cl2FN2O4/c1-17(21-10-22(32)13-23(33)11-21)35-8-6-18(7-9-35)16-40-29-15-26(34)25(14-24(29)19-2-3-19)30(37)36-27-5-4-20(27)12-28(36)31(38)39/h4-5,10-11,13-15,17-20,27-28H,2-3,6-9,12,16H2,1H3,(H,38,39)/t17-,20+,27+,28-/m0/s1. The Morgan fingerprint density at radius 2 is 1.75 bits per heavy atom. The maximum absolute atomic E-state index is 15.4. The van der Waals surface area contributed by atoms with Crippen molar-refractivity contribution in [1.82, 2.24) is 9.80 Å². The van der Waals surface area contributed by atoms with E-state index in [2.05, 4.69) is 11.8 Å². The number of carboxylic acid groups (broad SMARTS) is 1. The predicted molar refractivity (Wildman–Crippen MR) is 152 cm³/mol. The quantitative estimate of drug-likeness (QED) is 0.348. The molecule has 6 nitrogen and oxygen atoms in total. The van der Waals surface area contributed by atoms with Crippen LogP contribution in [0, 0.1) is 17.7 Å². The Labute approximate surface area is 243 Å². The van der Waals surface area contributed by atoms with Crippen LogP contribution >= 0.6 is 23.2 Å². The molecule has 0 spiro atoms. The Morgan fingerprint density at radius 3 is 2.35 bits per heavy atom. The van der Waals surface area contributed by atoms with Crippen molar-refractivity contribution < 1.29 is 23.8 Å². The number of hydrogen-bond acceptors (Lipinski definition) is 4. The molecule has 2 aliphatic carbocycles. The Hall–Kier alpha value is -2.61. The van der Waals surface area contributed by atoms with E-state index in [0.29, 0.717) is 34.7 Å². The van der Waals surface area contributed by atoms with Crippen molar-refractivity contribution in [2.75, 3.05) is 19.7 Å². The number of hydrogen-bond donors (Lipinski definition) is 1. The van der Waals surface area contributed by atoms with Gasteiger partial charge in [0.1, 0.15) is 17.6 Å². The summed E-state index contributed by atoms with van der Waals surface area (Å²) in [7, 11) is 0. The zero-order valence-electron chi connectivity index (χ0n) is 22.4. The van der Waals surface area contributed by atoms with Gasteiger partial charge in [-0.15, -0.1) is 0 Å². The third kappa shape index (κ3) is 5.36. The Bertz CT molecular complexity index is 1330. The molecule has 2 aliphatic heterocycles. The maximum atomic E-state index is 15.4. The molecule has 4 aliphatic rings. The highest BCUT2D eigenvalue weighted by molar-refractivity contribution is 6.34. The number of ether oxygens (including phenoxy) is 1. The number of carboxylic acids is 1. The van der Waals surface area contributed by atoms with Crippen LogP contribution in [0.5, 0.6) is 5.75 Å². The second kappa shape index (κ2) is 11.0. The molecule has 0 aromatic heterocycles. The molecule has 0 radical (unpaired) electrons. The van der Waals surface area contributed by atoms with Crippen LogP contribution < -0.4 is 4.74 Å². The summed E-state index contributed by atoms with van der Waals surface area (Å²) in [5, 5.41) is 10.9. The van der Waals surface area contributed by atoms with E-state index in [0.717, 1.165) is 49.9 Å². The molecule has 2 aromatic carbocycles. The second-order valence-electron chi connectivity index (χ2n) is 11.7. The van der Waals surface area contributed by atoms with Crippen LogP contribution in [0.3, 0.4) is 0 Å². The number of piperidine rings is 1. The van der Waals surface area contributed by atoms with Gasteiger partial charge in [-0.05, 0) is 99.3 Å². The van der Waals surface area contributed by atoms with Gasteiger partial charge in [0.25, 0.3) is 5.91 Å². The topological polar surface area (TPSA) is 70.1 Å². The number of likely N-dealkylation sites (tertiary alicyclic amines) is 2. The monoisotopic (exact) mass is 586 g/mol. The van der Waals surface area contributed by atoms with E-state index < -0.39 is 23.7 Å². The highest BCUT2D eigenvalue weighted by Crippen LogP contribution is 2.46. The van der Waals surface area contributed by atoms with Gasteiger partial charge in [-0.25, -0.2) is 9.18 Å². The van der Waals surface area contributed by atoms with Crippen molar-refractivity contribution in [3.63, 3.8) is 0 Å². The van der Waals surface area contributed by atoms with E-state index in [9.17, 15) is 14.7 Å². The molecule has 212 valence electrons. The van der Waals surface area contributed by atoms with Crippen molar-refractivity contribution in [1.29, 1.82) is 0 Å². The summed E-state index contributed by atoms with van der Waals surface area (Å²) in [6, 6.07) is 7.58. The van der Waals surface area contributed by atoms with Crippen molar-refractivity contribution in [3.05, 3.63) is 75.0 Å². The van der Waals surface area contributed by atoms with Gasteiger partial charge in [-0.1, -0.05) is 35.4 Å². The normalized spacial score (nSPS) is 25.4. The summed E-state index contributed by atoms with van der Waals surface area (Å²) < 4.78 is 21.6. The molecule has 1 amide bonds. The van der Waals surface area contributed by atoms with Gasteiger partial charge in [0.05, 0.1) is 18.2 Å².